The van der Waals surface area contributed by atoms with Crippen LogP contribution in [0.4, 0.5) is 0 Å². The number of amides is 3. The van der Waals surface area contributed by atoms with Crippen molar-refractivity contribution in [2.24, 2.45) is 0 Å². The summed E-state index contributed by atoms with van der Waals surface area (Å²) in [6, 6.07) is 15.9. The summed E-state index contributed by atoms with van der Waals surface area (Å²) >= 11 is 7.14. The molecule has 1 fully saturated rings. The molecule has 36 heavy (non-hydrogen) atoms. The van der Waals surface area contributed by atoms with Gasteiger partial charge in [-0.1, -0.05) is 41.4 Å². The Kier molecular flexibility index (Phi) is 7.77. The molecule has 0 radical (unpaired) electrons. The van der Waals surface area contributed by atoms with Crippen LogP contribution in [0.5, 0.6) is 0 Å². The summed E-state index contributed by atoms with van der Waals surface area (Å²) in [6.07, 6.45) is 0. The number of hydrogen-bond donors (Lipinski definition) is 1. The van der Waals surface area contributed by atoms with Gasteiger partial charge in [-0.05, 0) is 48.7 Å². The molecule has 0 saturated carbocycles. The van der Waals surface area contributed by atoms with E-state index in [0.717, 1.165) is 16.9 Å². The zero-order valence-corrected chi connectivity index (χ0v) is 21.8. The number of thiophene rings is 1. The molecule has 0 aliphatic carbocycles. The molecule has 4 rings (SSSR count). The van der Waals surface area contributed by atoms with Crippen molar-refractivity contribution in [1.29, 1.82) is 0 Å². The summed E-state index contributed by atoms with van der Waals surface area (Å²) < 4.78 is 27.0. The number of hydrogen-bond acceptors (Lipinski definition) is 6. The fraction of sp³-hybridized carbons (Fsp3) is 0.240. The molecule has 188 valence electrons. The number of rotatable bonds is 6. The van der Waals surface area contributed by atoms with Gasteiger partial charge in [-0.2, -0.15) is 0 Å². The second kappa shape index (κ2) is 10.8. The number of carbonyl (C=O) groups is 3. The highest BCUT2D eigenvalue weighted by Crippen LogP contribution is 2.20. The van der Waals surface area contributed by atoms with Crippen molar-refractivity contribution in [2.75, 3.05) is 26.2 Å². The lowest BCUT2D eigenvalue weighted by Crippen LogP contribution is -2.57. The first-order valence-corrected chi connectivity index (χ1v) is 14.0. The maximum Gasteiger partial charge on any atom is 0.262 e. The number of nitrogens with one attached hydrogen (secondary N) is 1. The van der Waals surface area contributed by atoms with Crippen LogP contribution in [-0.2, 0) is 14.6 Å². The first kappa shape index (κ1) is 25.9. The van der Waals surface area contributed by atoms with E-state index in [1.165, 1.54) is 17.0 Å². The molecule has 2 heterocycles. The molecule has 11 heteroatoms. The van der Waals surface area contributed by atoms with Gasteiger partial charge in [0.2, 0.25) is 15.2 Å². The maximum atomic E-state index is 13.5. The van der Waals surface area contributed by atoms with Gasteiger partial charge in [-0.3, -0.25) is 14.4 Å². The molecule has 3 aromatic rings. The molecule has 1 N–H and O–H groups in total. The second-order valence-electron chi connectivity index (χ2n) is 8.32. The Morgan fingerprint density at radius 2 is 1.61 bits per heavy atom. The lowest BCUT2D eigenvalue weighted by Gasteiger charge is -2.36. The third kappa shape index (κ3) is 5.61. The summed E-state index contributed by atoms with van der Waals surface area (Å²) in [5, 5.41) is 2.77. The average molecular weight is 546 g/mol. The largest absolute Gasteiger partial charge is 0.336 e. The van der Waals surface area contributed by atoms with Crippen molar-refractivity contribution in [1.82, 2.24) is 15.1 Å². The number of piperazine rings is 1. The van der Waals surface area contributed by atoms with Gasteiger partial charge in [-0.25, -0.2) is 8.42 Å². The van der Waals surface area contributed by atoms with Crippen LogP contribution in [0, 0.1) is 6.92 Å². The molecule has 0 bridgehead atoms. The van der Waals surface area contributed by atoms with Crippen LogP contribution in [0.1, 0.15) is 25.6 Å². The van der Waals surface area contributed by atoms with Crippen molar-refractivity contribution in [2.45, 2.75) is 17.2 Å². The van der Waals surface area contributed by atoms with E-state index in [0.29, 0.717) is 15.5 Å². The first-order valence-electron chi connectivity index (χ1n) is 11.2. The van der Waals surface area contributed by atoms with Crippen molar-refractivity contribution < 1.29 is 22.8 Å². The van der Waals surface area contributed by atoms with Crippen LogP contribution in [0.3, 0.4) is 0 Å². The highest BCUT2D eigenvalue weighted by atomic mass is 35.5. The normalized spacial score (nSPS) is 14.8. The van der Waals surface area contributed by atoms with E-state index in [2.05, 4.69) is 5.32 Å². The monoisotopic (exact) mass is 545 g/mol. The van der Waals surface area contributed by atoms with E-state index in [-0.39, 0.29) is 37.0 Å². The van der Waals surface area contributed by atoms with Gasteiger partial charge < -0.3 is 15.1 Å². The number of aryl methyl sites for hydroxylation is 1. The minimum absolute atomic E-state index is 0.0623. The zero-order chi connectivity index (χ0) is 25.9. The van der Waals surface area contributed by atoms with Crippen LogP contribution in [0.25, 0.3) is 0 Å². The summed E-state index contributed by atoms with van der Waals surface area (Å²) in [4.78, 5) is 42.3. The molecule has 1 saturated heterocycles. The predicted molar refractivity (Wildman–Crippen MR) is 138 cm³/mol. The molecule has 3 amide bonds. The minimum Gasteiger partial charge on any atom is -0.336 e. The van der Waals surface area contributed by atoms with Crippen LogP contribution < -0.4 is 5.32 Å². The van der Waals surface area contributed by atoms with Gasteiger partial charge in [-0.15, -0.1) is 11.3 Å². The van der Waals surface area contributed by atoms with Crippen LogP contribution in [0.2, 0.25) is 5.02 Å². The molecular formula is C25H24ClN3O5S2. The van der Waals surface area contributed by atoms with Crippen LogP contribution >= 0.6 is 22.9 Å². The lowest BCUT2D eigenvalue weighted by molar-refractivity contribution is -0.132. The van der Waals surface area contributed by atoms with Gasteiger partial charge in [0.15, 0.2) is 0 Å². The Bertz CT molecular complexity index is 1370. The molecule has 1 aliphatic rings. The molecule has 0 spiro atoms. The van der Waals surface area contributed by atoms with Crippen molar-refractivity contribution in [3.8, 4) is 0 Å². The van der Waals surface area contributed by atoms with Gasteiger partial charge in [0.05, 0.1) is 9.77 Å². The Morgan fingerprint density at radius 1 is 0.944 bits per heavy atom. The molecular weight excluding hydrogens is 522 g/mol. The highest BCUT2D eigenvalue weighted by Gasteiger charge is 2.39. The summed E-state index contributed by atoms with van der Waals surface area (Å²) in [5.74, 6) is -1.61. The maximum absolute atomic E-state index is 13.5. The van der Waals surface area contributed by atoms with E-state index in [4.69, 9.17) is 11.6 Å². The Morgan fingerprint density at radius 3 is 2.22 bits per heavy atom. The van der Waals surface area contributed by atoms with E-state index in [9.17, 15) is 22.8 Å². The molecule has 1 aliphatic heterocycles. The molecule has 1 atom stereocenters. The SMILES string of the molecule is Cc1ccc(S(=O)(=O)C(NC(=O)c2cccs2)C(=O)N2CCN(C(=O)c3cccc(Cl)c3)CC2)cc1. The lowest BCUT2D eigenvalue weighted by atomic mass is 10.2. The van der Waals surface area contributed by atoms with Crippen molar-refractivity contribution in [3.63, 3.8) is 0 Å². The summed E-state index contributed by atoms with van der Waals surface area (Å²) in [7, 11) is -4.24. The fourth-order valence-corrected chi connectivity index (χ4v) is 6.12. The number of benzene rings is 2. The molecule has 2 aromatic carbocycles. The average Bonchev–Trinajstić information content (AvgIpc) is 3.42. The fourth-order valence-electron chi connectivity index (χ4n) is 3.83. The van der Waals surface area contributed by atoms with Gasteiger partial charge in [0, 0.05) is 36.8 Å². The van der Waals surface area contributed by atoms with E-state index in [1.54, 1.807) is 58.8 Å². The van der Waals surface area contributed by atoms with Gasteiger partial charge in [0.25, 0.3) is 17.7 Å². The van der Waals surface area contributed by atoms with Crippen molar-refractivity contribution >= 4 is 50.5 Å². The number of halogens is 1. The van der Waals surface area contributed by atoms with Crippen LogP contribution in [-0.4, -0.2) is 67.5 Å². The van der Waals surface area contributed by atoms with E-state index in [1.807, 2.05) is 6.92 Å². The summed E-state index contributed by atoms with van der Waals surface area (Å²) in [5.41, 5.74) is 1.30. The van der Waals surface area contributed by atoms with Gasteiger partial charge >= 0.3 is 0 Å². The Balaban J connectivity index is 1.53. The highest BCUT2D eigenvalue weighted by molar-refractivity contribution is 7.92. The number of carbonyl (C=O) groups excluding carboxylic acids is 3. The predicted octanol–water partition coefficient (Wildman–Crippen LogP) is 3.22. The second-order valence-corrected chi connectivity index (χ2v) is 11.7. The topological polar surface area (TPSA) is 104 Å². The van der Waals surface area contributed by atoms with E-state index >= 15 is 0 Å². The van der Waals surface area contributed by atoms with E-state index < -0.39 is 27.0 Å². The molecule has 8 nitrogen and oxygen atoms in total. The van der Waals surface area contributed by atoms with Gasteiger partial charge in [0.1, 0.15) is 0 Å². The third-order valence-corrected chi connectivity index (χ3v) is 8.81. The summed E-state index contributed by atoms with van der Waals surface area (Å²) in [6.45, 7) is 2.50. The third-order valence-electron chi connectivity index (χ3n) is 5.84. The van der Waals surface area contributed by atoms with Crippen molar-refractivity contribution in [3.05, 3.63) is 87.1 Å². The standard InChI is InChI=1S/C25H24ClN3O5S2/c1-17-7-9-20(10-8-17)36(33,34)23(27-22(30)21-6-3-15-35-21)25(32)29-13-11-28(12-14-29)24(31)18-4-2-5-19(26)16-18/h2-10,15-16,23H,11-14H2,1H3,(H,27,30). The Labute approximate surface area is 218 Å². The molecule has 1 aromatic heterocycles. The quantitative estimate of drug-likeness (QED) is 0.512. The smallest absolute Gasteiger partial charge is 0.262 e. The minimum atomic E-state index is -4.24. The molecule has 1 unspecified atom stereocenters. The zero-order valence-electron chi connectivity index (χ0n) is 19.4. The number of nitrogens with zero attached hydrogens (tertiary/aromatic N) is 2. The first-order chi connectivity index (χ1) is 17.2. The number of sulfone groups is 1. The Hall–Kier alpha value is -3.21. The van der Waals surface area contributed by atoms with Crippen LogP contribution in [0.15, 0.2) is 70.9 Å².